The molecule has 242 valence electrons. The summed E-state index contributed by atoms with van der Waals surface area (Å²) in [5.74, 6) is -1.16. The van der Waals surface area contributed by atoms with Crippen LogP contribution in [0, 0.1) is 5.82 Å². The predicted octanol–water partition coefficient (Wildman–Crippen LogP) is 5.92. The average Bonchev–Trinajstić information content (AvgIpc) is 3.07. The first-order valence-electron chi connectivity index (χ1n) is 14.9. The molecule has 4 rings (SSSR count). The molecule has 0 aromatic heterocycles. The van der Waals surface area contributed by atoms with Crippen molar-refractivity contribution in [1.82, 2.24) is 10.2 Å². The number of nitrogens with zero attached hydrogens (tertiary/aromatic N) is 2. The number of carbonyl (C=O) groups is 2. The zero-order chi connectivity index (χ0) is 33.1. The lowest BCUT2D eigenvalue weighted by atomic mass is 10.0. The summed E-state index contributed by atoms with van der Waals surface area (Å²) < 4.78 is 49.3. The van der Waals surface area contributed by atoms with Crippen LogP contribution in [-0.2, 0) is 32.6 Å². The van der Waals surface area contributed by atoms with E-state index in [1.54, 1.807) is 62.4 Å². The van der Waals surface area contributed by atoms with Gasteiger partial charge in [-0.3, -0.25) is 13.9 Å². The Hall–Kier alpha value is -4.35. The Kier molecular flexibility index (Phi) is 12.2. The molecule has 4 aromatic carbocycles. The Morgan fingerprint density at radius 2 is 1.52 bits per heavy atom. The number of thioether (sulfide) groups is 1. The summed E-state index contributed by atoms with van der Waals surface area (Å²) in [5, 5.41) is 2.83. The normalized spacial score (nSPS) is 11.8. The van der Waals surface area contributed by atoms with Crippen LogP contribution in [0.15, 0.2) is 113 Å². The van der Waals surface area contributed by atoms with Gasteiger partial charge in [-0.15, -0.1) is 11.8 Å². The van der Waals surface area contributed by atoms with Crippen molar-refractivity contribution in [3.8, 4) is 5.75 Å². The smallest absolute Gasteiger partial charge is 0.264 e. The molecule has 0 heterocycles. The van der Waals surface area contributed by atoms with E-state index in [2.05, 4.69) is 5.32 Å². The minimum absolute atomic E-state index is 0.000882. The summed E-state index contributed by atoms with van der Waals surface area (Å²) in [4.78, 5) is 30.4. The van der Waals surface area contributed by atoms with Gasteiger partial charge in [0, 0.05) is 24.4 Å². The molecule has 0 spiro atoms. The Bertz CT molecular complexity index is 1700. The van der Waals surface area contributed by atoms with Gasteiger partial charge in [-0.05, 0) is 79.8 Å². The van der Waals surface area contributed by atoms with Crippen molar-refractivity contribution in [3.63, 3.8) is 0 Å². The zero-order valence-electron chi connectivity index (χ0n) is 26.1. The van der Waals surface area contributed by atoms with E-state index in [-0.39, 0.29) is 35.9 Å². The van der Waals surface area contributed by atoms with Crippen LogP contribution >= 0.6 is 11.8 Å². The molecule has 0 aliphatic rings. The Morgan fingerprint density at radius 1 is 0.870 bits per heavy atom. The van der Waals surface area contributed by atoms with Crippen molar-refractivity contribution < 1.29 is 27.1 Å². The number of sulfonamides is 1. The minimum Gasteiger partial charge on any atom is -0.492 e. The van der Waals surface area contributed by atoms with Gasteiger partial charge in [0.25, 0.3) is 10.0 Å². The van der Waals surface area contributed by atoms with Crippen molar-refractivity contribution in [1.29, 1.82) is 0 Å². The lowest BCUT2D eigenvalue weighted by molar-refractivity contribution is -0.140. The average molecular weight is 664 g/mol. The highest BCUT2D eigenvalue weighted by molar-refractivity contribution is 7.98. The lowest BCUT2D eigenvalue weighted by Crippen LogP contribution is -2.53. The highest BCUT2D eigenvalue weighted by atomic mass is 32.2. The SMILES string of the molecule is CCNC(=O)[C@H](Cc1ccccc1)N(Cc1ccc(F)cc1)C(=O)CN(c1ccccc1OCC)S(=O)(=O)c1ccc(SC)cc1. The van der Waals surface area contributed by atoms with E-state index in [1.807, 2.05) is 36.6 Å². The molecule has 0 fully saturated rings. The van der Waals surface area contributed by atoms with Gasteiger partial charge in [0.05, 0.1) is 17.2 Å². The molecular weight excluding hydrogens is 626 g/mol. The third-order valence-corrected chi connectivity index (χ3v) is 9.77. The second-order valence-corrected chi connectivity index (χ2v) is 13.1. The maximum atomic E-state index is 14.5. The lowest BCUT2D eigenvalue weighted by Gasteiger charge is -2.34. The maximum absolute atomic E-state index is 14.5. The highest BCUT2D eigenvalue weighted by Crippen LogP contribution is 2.33. The highest BCUT2D eigenvalue weighted by Gasteiger charge is 2.35. The van der Waals surface area contributed by atoms with Crippen molar-refractivity contribution >= 4 is 39.3 Å². The first-order chi connectivity index (χ1) is 22.2. The number of rotatable bonds is 15. The number of amides is 2. The number of ether oxygens (including phenoxy) is 1. The summed E-state index contributed by atoms with van der Waals surface area (Å²) in [6.45, 7) is 3.49. The molecule has 8 nitrogen and oxygen atoms in total. The Balaban J connectivity index is 1.82. The quantitative estimate of drug-likeness (QED) is 0.159. The molecule has 2 amide bonds. The van der Waals surface area contributed by atoms with Crippen molar-refractivity contribution in [3.05, 3.63) is 120 Å². The van der Waals surface area contributed by atoms with Gasteiger partial charge >= 0.3 is 0 Å². The van der Waals surface area contributed by atoms with E-state index < -0.39 is 40.2 Å². The van der Waals surface area contributed by atoms with E-state index in [0.29, 0.717) is 12.1 Å². The summed E-state index contributed by atoms with van der Waals surface area (Å²) in [7, 11) is -4.30. The van der Waals surface area contributed by atoms with Crippen LogP contribution in [0.25, 0.3) is 0 Å². The fourth-order valence-corrected chi connectivity index (χ4v) is 6.79. The van der Waals surface area contributed by atoms with Crippen LogP contribution in [0.1, 0.15) is 25.0 Å². The van der Waals surface area contributed by atoms with E-state index in [4.69, 9.17) is 4.74 Å². The number of halogens is 1. The van der Waals surface area contributed by atoms with E-state index in [9.17, 15) is 22.4 Å². The predicted molar refractivity (Wildman–Crippen MR) is 180 cm³/mol. The van der Waals surface area contributed by atoms with Gasteiger partial charge in [-0.2, -0.15) is 0 Å². The van der Waals surface area contributed by atoms with Crippen LogP contribution in [0.2, 0.25) is 0 Å². The second-order valence-electron chi connectivity index (χ2n) is 10.3. The molecule has 0 unspecified atom stereocenters. The largest absolute Gasteiger partial charge is 0.492 e. The first-order valence-corrected chi connectivity index (χ1v) is 17.6. The number of likely N-dealkylation sites (N-methyl/N-ethyl adjacent to an activating group) is 1. The number of hydrogen-bond donors (Lipinski definition) is 1. The van der Waals surface area contributed by atoms with Crippen molar-refractivity contribution in [2.24, 2.45) is 0 Å². The molecule has 0 saturated carbocycles. The van der Waals surface area contributed by atoms with Gasteiger partial charge in [-0.25, -0.2) is 12.8 Å². The Morgan fingerprint density at radius 3 is 2.15 bits per heavy atom. The van der Waals surface area contributed by atoms with Gasteiger partial charge in [0.15, 0.2) is 0 Å². The van der Waals surface area contributed by atoms with Gasteiger partial charge in [0.2, 0.25) is 11.8 Å². The number of para-hydroxylation sites is 2. The number of benzene rings is 4. The van der Waals surface area contributed by atoms with Gasteiger partial charge in [-0.1, -0.05) is 54.6 Å². The minimum atomic E-state index is -4.30. The molecule has 4 aromatic rings. The van der Waals surface area contributed by atoms with E-state index in [0.717, 1.165) is 14.8 Å². The standard InChI is InChI=1S/C35H38FN3O5S2/c1-4-37-35(41)32(23-26-11-7-6-8-12-26)38(24-27-15-17-28(36)18-16-27)34(40)25-39(31-13-9-10-14-33(31)44-5-2)46(42,43)30-21-19-29(45-3)20-22-30/h6-22,32H,4-5,23-25H2,1-3H3,(H,37,41)/t32-/m0/s1. The van der Waals surface area contributed by atoms with Crippen molar-refractivity contribution in [2.45, 2.75) is 42.6 Å². The summed E-state index contributed by atoms with van der Waals surface area (Å²) in [6.07, 6.45) is 2.07. The molecular formula is C35H38FN3O5S2. The third-order valence-electron chi connectivity index (χ3n) is 7.25. The number of nitrogens with one attached hydrogen (secondary N) is 1. The van der Waals surface area contributed by atoms with Crippen LogP contribution in [0.5, 0.6) is 5.75 Å². The molecule has 1 atom stereocenters. The van der Waals surface area contributed by atoms with Gasteiger partial charge < -0.3 is 15.0 Å². The van der Waals surface area contributed by atoms with Crippen LogP contribution in [0.3, 0.4) is 0 Å². The molecule has 0 radical (unpaired) electrons. The molecule has 0 aliphatic carbocycles. The number of anilines is 1. The number of hydrogen-bond acceptors (Lipinski definition) is 6. The fourth-order valence-electron chi connectivity index (χ4n) is 4.96. The molecule has 1 N–H and O–H groups in total. The summed E-state index contributed by atoms with van der Waals surface area (Å²) in [6, 6.07) is 27.0. The van der Waals surface area contributed by atoms with E-state index in [1.165, 1.54) is 40.9 Å². The molecule has 0 aliphatic heterocycles. The number of carbonyl (C=O) groups excluding carboxylic acids is 2. The summed E-state index contributed by atoms with van der Waals surface area (Å²) >= 11 is 1.48. The zero-order valence-corrected chi connectivity index (χ0v) is 27.7. The summed E-state index contributed by atoms with van der Waals surface area (Å²) in [5.41, 5.74) is 1.58. The van der Waals surface area contributed by atoms with Crippen LogP contribution < -0.4 is 14.4 Å². The first kappa shape index (κ1) is 34.5. The second kappa shape index (κ2) is 16.3. The maximum Gasteiger partial charge on any atom is 0.264 e. The molecule has 46 heavy (non-hydrogen) atoms. The molecule has 0 bridgehead atoms. The Labute approximate surface area is 274 Å². The third kappa shape index (κ3) is 8.67. The monoisotopic (exact) mass is 663 g/mol. The topological polar surface area (TPSA) is 96.0 Å². The fraction of sp³-hybridized carbons (Fsp3) is 0.257. The van der Waals surface area contributed by atoms with Crippen LogP contribution in [-0.4, -0.2) is 57.1 Å². The van der Waals surface area contributed by atoms with Crippen molar-refractivity contribution in [2.75, 3.05) is 30.3 Å². The molecule has 11 heteroatoms. The van der Waals surface area contributed by atoms with E-state index >= 15 is 0 Å². The molecule has 0 saturated heterocycles. The van der Waals surface area contributed by atoms with Gasteiger partial charge in [0.1, 0.15) is 24.2 Å². The van der Waals surface area contributed by atoms with Crippen LogP contribution in [0.4, 0.5) is 10.1 Å².